The van der Waals surface area contributed by atoms with Crippen molar-refractivity contribution in [1.29, 1.82) is 0 Å². The standard InChI is InChI=1S/C14H22N4O2S2/c1-9(2)8-18-12(5)14(11(4)17-18)22(19,20)16-7-13-15-6-10(3)21-13/h6,9,16H,7-8H2,1-5H3. The second-order valence-electron chi connectivity index (χ2n) is 5.77. The van der Waals surface area contributed by atoms with Crippen LogP contribution in [0.3, 0.4) is 0 Å². The maximum atomic E-state index is 12.6. The third kappa shape index (κ3) is 3.74. The third-order valence-electron chi connectivity index (χ3n) is 3.20. The number of thiazole rings is 1. The molecule has 0 atom stereocenters. The molecule has 0 unspecified atom stereocenters. The van der Waals surface area contributed by atoms with Gasteiger partial charge in [-0.05, 0) is 26.7 Å². The lowest BCUT2D eigenvalue weighted by Gasteiger charge is -2.08. The van der Waals surface area contributed by atoms with Crippen molar-refractivity contribution < 1.29 is 8.42 Å². The normalized spacial score (nSPS) is 12.3. The highest BCUT2D eigenvalue weighted by molar-refractivity contribution is 7.89. The zero-order valence-corrected chi connectivity index (χ0v) is 15.2. The fourth-order valence-corrected chi connectivity index (χ4v) is 4.52. The number of hydrogen-bond donors (Lipinski definition) is 1. The average Bonchev–Trinajstić information content (AvgIpc) is 2.91. The lowest BCUT2D eigenvalue weighted by Crippen LogP contribution is -2.24. The molecular weight excluding hydrogens is 320 g/mol. The van der Waals surface area contributed by atoms with E-state index in [0.29, 0.717) is 23.9 Å². The predicted molar refractivity (Wildman–Crippen MR) is 87.4 cm³/mol. The van der Waals surface area contributed by atoms with E-state index in [-0.39, 0.29) is 11.4 Å². The molecule has 2 rings (SSSR count). The van der Waals surface area contributed by atoms with Crippen molar-refractivity contribution in [3.63, 3.8) is 0 Å². The number of hydrogen-bond acceptors (Lipinski definition) is 5. The average molecular weight is 342 g/mol. The van der Waals surface area contributed by atoms with Gasteiger partial charge in [-0.1, -0.05) is 13.8 Å². The molecule has 22 heavy (non-hydrogen) atoms. The van der Waals surface area contributed by atoms with E-state index in [9.17, 15) is 8.42 Å². The van der Waals surface area contributed by atoms with Gasteiger partial charge in [0.2, 0.25) is 10.0 Å². The molecule has 0 fully saturated rings. The van der Waals surface area contributed by atoms with Gasteiger partial charge in [-0.2, -0.15) is 5.10 Å². The molecule has 122 valence electrons. The SMILES string of the molecule is Cc1cnc(CNS(=O)(=O)c2c(C)nn(CC(C)C)c2C)s1. The Hall–Kier alpha value is -1.25. The summed E-state index contributed by atoms with van der Waals surface area (Å²) in [5.74, 6) is 0.403. The van der Waals surface area contributed by atoms with E-state index in [2.05, 4.69) is 28.7 Å². The van der Waals surface area contributed by atoms with Crippen molar-refractivity contribution in [1.82, 2.24) is 19.5 Å². The van der Waals surface area contributed by atoms with E-state index in [4.69, 9.17) is 0 Å². The van der Waals surface area contributed by atoms with E-state index in [1.54, 1.807) is 24.7 Å². The monoisotopic (exact) mass is 342 g/mol. The van der Waals surface area contributed by atoms with Gasteiger partial charge in [0.25, 0.3) is 0 Å². The van der Waals surface area contributed by atoms with Crippen LogP contribution in [-0.2, 0) is 23.1 Å². The predicted octanol–water partition coefficient (Wildman–Crippen LogP) is 2.40. The van der Waals surface area contributed by atoms with Crippen molar-refractivity contribution in [2.24, 2.45) is 5.92 Å². The summed E-state index contributed by atoms with van der Waals surface area (Å²) in [6.07, 6.45) is 1.74. The van der Waals surface area contributed by atoms with Crippen molar-refractivity contribution in [2.75, 3.05) is 0 Å². The summed E-state index contributed by atoms with van der Waals surface area (Å²) in [5, 5.41) is 5.12. The van der Waals surface area contributed by atoms with Gasteiger partial charge < -0.3 is 0 Å². The molecule has 1 N–H and O–H groups in total. The highest BCUT2D eigenvalue weighted by atomic mass is 32.2. The minimum absolute atomic E-state index is 0.203. The van der Waals surface area contributed by atoms with Crippen molar-refractivity contribution in [3.05, 3.63) is 27.5 Å². The van der Waals surface area contributed by atoms with Crippen LogP contribution in [0.15, 0.2) is 11.1 Å². The molecule has 0 radical (unpaired) electrons. The van der Waals surface area contributed by atoms with Crippen LogP contribution in [0.25, 0.3) is 0 Å². The fourth-order valence-electron chi connectivity index (χ4n) is 2.31. The first-order chi connectivity index (χ1) is 10.2. The Labute approximate surface area is 135 Å². The summed E-state index contributed by atoms with van der Waals surface area (Å²) in [7, 11) is -3.59. The summed E-state index contributed by atoms with van der Waals surface area (Å²) >= 11 is 1.49. The second-order valence-corrected chi connectivity index (χ2v) is 8.79. The quantitative estimate of drug-likeness (QED) is 0.874. The molecule has 0 spiro atoms. The number of rotatable bonds is 6. The molecule has 8 heteroatoms. The van der Waals surface area contributed by atoms with E-state index in [0.717, 1.165) is 9.88 Å². The summed E-state index contributed by atoms with van der Waals surface area (Å²) in [6, 6.07) is 0. The van der Waals surface area contributed by atoms with Crippen LogP contribution >= 0.6 is 11.3 Å². The molecule has 0 saturated heterocycles. The Morgan fingerprint density at radius 3 is 2.55 bits per heavy atom. The van der Waals surface area contributed by atoms with E-state index in [1.807, 2.05) is 6.92 Å². The maximum Gasteiger partial charge on any atom is 0.244 e. The van der Waals surface area contributed by atoms with E-state index in [1.165, 1.54) is 11.3 Å². The molecule has 0 saturated carbocycles. The second kappa shape index (κ2) is 6.47. The lowest BCUT2D eigenvalue weighted by atomic mass is 10.2. The van der Waals surface area contributed by atoms with Crippen molar-refractivity contribution in [2.45, 2.75) is 52.6 Å². The maximum absolute atomic E-state index is 12.6. The van der Waals surface area contributed by atoms with Crippen molar-refractivity contribution in [3.8, 4) is 0 Å². The summed E-state index contributed by atoms with van der Waals surface area (Å²) in [6.45, 7) is 10.5. The largest absolute Gasteiger partial charge is 0.268 e. The van der Waals surface area contributed by atoms with Gasteiger partial charge in [-0.15, -0.1) is 11.3 Å². The molecular formula is C14H22N4O2S2. The molecule has 0 aromatic carbocycles. The van der Waals surface area contributed by atoms with Gasteiger partial charge in [0.05, 0.1) is 17.9 Å². The van der Waals surface area contributed by atoms with E-state index < -0.39 is 10.0 Å². The molecule has 2 aromatic rings. The smallest absolute Gasteiger partial charge is 0.244 e. The summed E-state index contributed by atoms with van der Waals surface area (Å²) in [4.78, 5) is 5.51. The minimum atomic E-state index is -3.59. The number of aryl methyl sites for hydroxylation is 2. The van der Waals surface area contributed by atoms with Crippen LogP contribution in [0.2, 0.25) is 0 Å². The van der Waals surface area contributed by atoms with Crippen LogP contribution in [0.4, 0.5) is 0 Å². The van der Waals surface area contributed by atoms with Crippen molar-refractivity contribution >= 4 is 21.4 Å². The topological polar surface area (TPSA) is 76.9 Å². The number of nitrogens with one attached hydrogen (secondary N) is 1. The zero-order chi connectivity index (χ0) is 16.5. The Morgan fingerprint density at radius 2 is 2.00 bits per heavy atom. The first-order valence-electron chi connectivity index (χ1n) is 7.15. The van der Waals surface area contributed by atoms with Gasteiger partial charge in [-0.25, -0.2) is 18.1 Å². The molecule has 2 aromatic heterocycles. The van der Waals surface area contributed by atoms with Crippen LogP contribution < -0.4 is 4.72 Å². The molecule has 0 aliphatic carbocycles. The lowest BCUT2D eigenvalue weighted by molar-refractivity contribution is 0.471. The molecule has 0 aliphatic heterocycles. The molecule has 6 nitrogen and oxygen atoms in total. The van der Waals surface area contributed by atoms with Gasteiger partial charge in [-0.3, -0.25) is 4.68 Å². The van der Waals surface area contributed by atoms with Gasteiger partial charge in [0.1, 0.15) is 9.90 Å². The minimum Gasteiger partial charge on any atom is -0.268 e. The van der Waals surface area contributed by atoms with Crippen LogP contribution in [0, 0.1) is 26.7 Å². The van der Waals surface area contributed by atoms with Crippen LogP contribution in [-0.4, -0.2) is 23.2 Å². The first kappa shape index (κ1) is 17.1. The number of nitrogens with zero attached hydrogens (tertiary/aromatic N) is 3. The van der Waals surface area contributed by atoms with Gasteiger partial charge in [0.15, 0.2) is 0 Å². The Kier molecular flexibility index (Phi) is 5.03. The van der Waals surface area contributed by atoms with Crippen LogP contribution in [0.5, 0.6) is 0 Å². The molecule has 2 heterocycles. The van der Waals surface area contributed by atoms with Gasteiger partial charge >= 0.3 is 0 Å². The Bertz CT molecular complexity index is 760. The van der Waals surface area contributed by atoms with Gasteiger partial charge in [0, 0.05) is 17.6 Å². The third-order valence-corrected chi connectivity index (χ3v) is 5.77. The highest BCUT2D eigenvalue weighted by Crippen LogP contribution is 2.21. The fraction of sp³-hybridized carbons (Fsp3) is 0.571. The summed E-state index contributed by atoms with van der Waals surface area (Å²) < 4.78 is 29.5. The molecule has 0 aliphatic rings. The molecule has 0 amide bonds. The molecule has 0 bridgehead atoms. The van der Waals surface area contributed by atoms with Crippen LogP contribution in [0.1, 0.15) is 35.1 Å². The Morgan fingerprint density at radius 1 is 1.32 bits per heavy atom. The summed E-state index contributed by atoms with van der Waals surface area (Å²) in [5.41, 5.74) is 1.20. The zero-order valence-electron chi connectivity index (χ0n) is 13.5. The number of aromatic nitrogens is 3. The first-order valence-corrected chi connectivity index (χ1v) is 9.45. The Balaban J connectivity index is 2.23. The number of sulfonamides is 1. The van der Waals surface area contributed by atoms with E-state index >= 15 is 0 Å². The highest BCUT2D eigenvalue weighted by Gasteiger charge is 2.24.